The second-order valence-corrected chi connectivity index (χ2v) is 20.7. The van der Waals surface area contributed by atoms with Gasteiger partial charge in [-0.05, 0) is 63.9 Å². The molecule has 0 radical (unpaired) electrons. The molecular weight excluding hydrogens is 510 g/mol. The van der Waals surface area contributed by atoms with Crippen LogP contribution >= 0.6 is 0 Å². The van der Waals surface area contributed by atoms with Crippen LogP contribution in [0.15, 0.2) is 41.7 Å². The molecule has 5 heteroatoms. The normalized spacial score (nSPS) is 24.7. The van der Waals surface area contributed by atoms with Gasteiger partial charge in [0.2, 0.25) is 0 Å². The summed E-state index contributed by atoms with van der Waals surface area (Å²) < 4.78 is 6.56. The first kappa shape index (κ1) is 32.6. The Bertz CT molecular complexity index is 1020. The second kappa shape index (κ2) is 13.0. The topological polar surface area (TPSA) is 46.6 Å². The molecule has 1 amide bonds. The Hall–Kier alpha value is -1.88. The zero-order chi connectivity index (χ0) is 30.0. The van der Waals surface area contributed by atoms with Crippen LogP contribution in [0.2, 0.25) is 16.6 Å². The van der Waals surface area contributed by atoms with Gasteiger partial charge in [0.1, 0.15) is 14.2 Å². The van der Waals surface area contributed by atoms with Crippen molar-refractivity contribution >= 4 is 20.0 Å². The van der Waals surface area contributed by atoms with Crippen LogP contribution in [0.5, 0.6) is 0 Å². The Labute approximate surface area is 246 Å². The highest BCUT2D eigenvalue weighted by molar-refractivity contribution is 6.93. The van der Waals surface area contributed by atoms with Crippen LogP contribution in [0.1, 0.15) is 114 Å². The minimum Gasteiger partial charge on any atom is -0.446 e. The second-order valence-electron chi connectivity index (χ2n) is 14.8. The van der Waals surface area contributed by atoms with Gasteiger partial charge in [0.15, 0.2) is 5.78 Å². The summed E-state index contributed by atoms with van der Waals surface area (Å²) in [6, 6.07) is 10.5. The van der Waals surface area contributed by atoms with Gasteiger partial charge in [-0.1, -0.05) is 113 Å². The van der Waals surface area contributed by atoms with Gasteiger partial charge in [-0.2, -0.15) is 0 Å². The molecule has 1 saturated carbocycles. The standard InChI is InChI=1S/C35H57NO3Si/c1-23(2)19-29-21-31(37)33(40(24(3)4,25(5)6)26(7)8)22-36(29)34(38)39-32-20-27(9)17-18-30(32)35(10,11)28-15-13-12-14-16-28/h12-16,22-27,29-30,32H,17-21H2,1-11H3/t27-,29+,30-,32-/m1/s1. The molecule has 4 atom stereocenters. The minimum absolute atomic E-state index is 0.114. The summed E-state index contributed by atoms with van der Waals surface area (Å²) in [6.07, 6.45) is 5.85. The number of rotatable bonds is 9. The van der Waals surface area contributed by atoms with Crippen LogP contribution in [0.25, 0.3) is 0 Å². The first-order chi connectivity index (χ1) is 18.6. The average molecular weight is 568 g/mol. The van der Waals surface area contributed by atoms with Gasteiger partial charge in [-0.15, -0.1) is 0 Å². The van der Waals surface area contributed by atoms with Crippen molar-refractivity contribution in [1.82, 2.24) is 4.90 Å². The summed E-state index contributed by atoms with van der Waals surface area (Å²) in [7, 11) is -2.24. The van der Waals surface area contributed by atoms with Crippen molar-refractivity contribution in [3.8, 4) is 0 Å². The van der Waals surface area contributed by atoms with Crippen LogP contribution < -0.4 is 0 Å². The third-order valence-corrected chi connectivity index (χ3v) is 17.5. The van der Waals surface area contributed by atoms with Gasteiger partial charge in [0.25, 0.3) is 0 Å². The minimum atomic E-state index is -2.24. The predicted molar refractivity (Wildman–Crippen MR) is 170 cm³/mol. The van der Waals surface area contributed by atoms with E-state index in [0.717, 1.165) is 30.9 Å². The summed E-state index contributed by atoms with van der Waals surface area (Å²) in [4.78, 5) is 30.0. The number of allylic oxidation sites excluding steroid dienone is 1. The molecule has 1 aromatic rings. The van der Waals surface area contributed by atoms with Crippen molar-refractivity contribution in [1.29, 1.82) is 0 Å². The van der Waals surface area contributed by atoms with Gasteiger partial charge in [-0.3, -0.25) is 9.69 Å². The van der Waals surface area contributed by atoms with Gasteiger partial charge in [0.05, 0.1) is 0 Å². The average Bonchev–Trinajstić information content (AvgIpc) is 2.85. The number of amides is 1. The van der Waals surface area contributed by atoms with E-state index in [1.807, 2.05) is 11.1 Å². The molecule has 3 rings (SSSR count). The number of nitrogens with zero attached hydrogens (tertiary/aromatic N) is 1. The van der Waals surface area contributed by atoms with E-state index in [1.54, 1.807) is 0 Å². The molecule has 1 aliphatic heterocycles. The summed E-state index contributed by atoms with van der Waals surface area (Å²) in [6.45, 7) is 24.9. The highest BCUT2D eigenvalue weighted by Crippen LogP contribution is 2.49. The van der Waals surface area contributed by atoms with Gasteiger partial charge in [-0.25, -0.2) is 4.79 Å². The van der Waals surface area contributed by atoms with E-state index < -0.39 is 8.07 Å². The Balaban J connectivity index is 2.03. The van der Waals surface area contributed by atoms with E-state index in [2.05, 4.69) is 106 Å². The number of ketones is 1. The predicted octanol–water partition coefficient (Wildman–Crippen LogP) is 9.70. The lowest BCUT2D eigenvalue weighted by Gasteiger charge is -2.48. The van der Waals surface area contributed by atoms with Crippen LogP contribution in [0, 0.1) is 17.8 Å². The van der Waals surface area contributed by atoms with Gasteiger partial charge >= 0.3 is 6.09 Å². The van der Waals surface area contributed by atoms with E-state index >= 15 is 0 Å². The molecule has 1 aromatic carbocycles. The highest BCUT2D eigenvalue weighted by atomic mass is 28.3. The largest absolute Gasteiger partial charge is 0.446 e. The maximum absolute atomic E-state index is 14.2. The Kier molecular flexibility index (Phi) is 10.6. The number of ether oxygens (including phenoxy) is 1. The van der Waals surface area contributed by atoms with Crippen molar-refractivity contribution < 1.29 is 14.3 Å². The molecule has 1 fully saturated rings. The summed E-state index contributed by atoms with van der Waals surface area (Å²) in [5, 5.41) is 0.947. The van der Waals surface area contributed by atoms with Crippen molar-refractivity contribution in [2.24, 2.45) is 17.8 Å². The number of carbonyl (C=O) groups is 2. The lowest BCUT2D eigenvalue weighted by molar-refractivity contribution is -0.117. The molecule has 0 spiro atoms. The van der Waals surface area contributed by atoms with Crippen molar-refractivity contribution in [3.63, 3.8) is 0 Å². The Morgan fingerprint density at radius 1 is 0.975 bits per heavy atom. The molecule has 0 unspecified atom stereocenters. The van der Waals surface area contributed by atoms with Crippen LogP contribution in [-0.2, 0) is 14.9 Å². The van der Waals surface area contributed by atoms with E-state index in [-0.39, 0.29) is 35.4 Å². The molecule has 0 aromatic heterocycles. The van der Waals surface area contributed by atoms with Crippen LogP contribution in [0.4, 0.5) is 4.79 Å². The first-order valence-corrected chi connectivity index (χ1v) is 18.2. The number of hydrogen-bond acceptors (Lipinski definition) is 3. The third-order valence-electron chi connectivity index (χ3n) is 10.4. The lowest BCUT2D eigenvalue weighted by Crippen LogP contribution is -2.54. The maximum Gasteiger partial charge on any atom is 0.414 e. The molecule has 224 valence electrons. The number of carbonyl (C=O) groups excluding carboxylic acids is 2. The van der Waals surface area contributed by atoms with Crippen LogP contribution in [0.3, 0.4) is 0 Å². The van der Waals surface area contributed by atoms with Crippen molar-refractivity contribution in [2.75, 3.05) is 0 Å². The summed E-state index contributed by atoms with van der Waals surface area (Å²) in [5.74, 6) is 1.39. The van der Waals surface area contributed by atoms with Crippen molar-refractivity contribution in [2.45, 2.75) is 142 Å². The molecule has 0 N–H and O–H groups in total. The molecule has 0 saturated heterocycles. The third kappa shape index (κ3) is 6.45. The smallest absolute Gasteiger partial charge is 0.414 e. The first-order valence-electron chi connectivity index (χ1n) is 15.9. The highest BCUT2D eigenvalue weighted by Gasteiger charge is 2.51. The Morgan fingerprint density at radius 3 is 2.08 bits per heavy atom. The van der Waals surface area contributed by atoms with Gasteiger partial charge in [0, 0.05) is 24.6 Å². The monoisotopic (exact) mass is 567 g/mol. The Morgan fingerprint density at radius 2 is 1.55 bits per heavy atom. The molecule has 1 heterocycles. The van der Waals surface area contributed by atoms with E-state index in [1.165, 1.54) is 5.56 Å². The molecule has 40 heavy (non-hydrogen) atoms. The number of hydrogen-bond donors (Lipinski definition) is 0. The van der Waals surface area contributed by atoms with E-state index in [0.29, 0.717) is 34.9 Å². The van der Waals surface area contributed by atoms with E-state index in [9.17, 15) is 9.59 Å². The zero-order valence-electron chi connectivity index (χ0n) is 27.3. The molecule has 2 aliphatic rings. The summed E-state index contributed by atoms with van der Waals surface area (Å²) in [5.41, 5.74) is 2.38. The summed E-state index contributed by atoms with van der Waals surface area (Å²) >= 11 is 0. The molecule has 1 aliphatic carbocycles. The SMILES string of the molecule is CC(C)C[C@H]1CC(=O)C([Si](C(C)C)(C(C)C)C(C)C)=CN1C(=O)O[C@@H]1C[C@H](C)CC[C@H]1C(C)(C)c1ccccc1. The molecular formula is C35H57NO3Si. The van der Waals surface area contributed by atoms with Gasteiger partial charge < -0.3 is 4.74 Å². The lowest BCUT2D eigenvalue weighted by atomic mass is 9.64. The maximum atomic E-state index is 14.2. The van der Waals surface area contributed by atoms with Crippen LogP contribution in [-0.4, -0.2) is 37.0 Å². The van der Waals surface area contributed by atoms with E-state index in [4.69, 9.17) is 4.74 Å². The molecule has 0 bridgehead atoms. The fraction of sp³-hybridized carbons (Fsp3) is 0.714. The fourth-order valence-electron chi connectivity index (χ4n) is 8.52. The fourth-order valence-corrected chi connectivity index (χ4v) is 15.3. The number of benzene rings is 1. The zero-order valence-corrected chi connectivity index (χ0v) is 28.3. The molecule has 4 nitrogen and oxygen atoms in total. The van der Waals surface area contributed by atoms with Crippen molar-refractivity contribution in [3.05, 3.63) is 47.3 Å². The quantitative estimate of drug-likeness (QED) is 0.279. The number of Topliss-reactive ketones (excluding diaryl/α,β-unsaturated/α-hetero) is 1.